The third-order valence-corrected chi connectivity index (χ3v) is 4.78. The molecule has 124 valence electrons. The van der Waals surface area contributed by atoms with Crippen molar-refractivity contribution in [2.75, 3.05) is 12.0 Å². The summed E-state index contributed by atoms with van der Waals surface area (Å²) >= 11 is 0. The fourth-order valence-corrected chi connectivity index (χ4v) is 3.76. The van der Waals surface area contributed by atoms with Crippen molar-refractivity contribution >= 4 is 17.7 Å². The fraction of sp³-hybridized carbons (Fsp3) is 0.562. The van der Waals surface area contributed by atoms with Crippen molar-refractivity contribution in [2.24, 2.45) is 11.8 Å². The van der Waals surface area contributed by atoms with E-state index in [1.54, 1.807) is 24.1 Å². The van der Waals surface area contributed by atoms with E-state index < -0.39 is 12.1 Å². The van der Waals surface area contributed by atoms with E-state index in [0.717, 1.165) is 12.8 Å². The predicted molar refractivity (Wildman–Crippen MR) is 83.5 cm³/mol. The van der Waals surface area contributed by atoms with Crippen molar-refractivity contribution in [2.45, 2.75) is 38.8 Å². The van der Waals surface area contributed by atoms with Crippen LogP contribution in [0.1, 0.15) is 38.3 Å². The number of ether oxygens (including phenoxy) is 1. The van der Waals surface area contributed by atoms with Crippen LogP contribution in [0.25, 0.3) is 0 Å². The van der Waals surface area contributed by atoms with Gasteiger partial charge in [-0.3, -0.25) is 4.79 Å². The first-order valence-electron chi connectivity index (χ1n) is 7.77. The lowest BCUT2D eigenvalue weighted by Crippen LogP contribution is -2.53. The van der Waals surface area contributed by atoms with Crippen molar-refractivity contribution < 1.29 is 19.4 Å². The van der Waals surface area contributed by atoms with Crippen LogP contribution in [-0.4, -0.2) is 35.2 Å². The average Bonchev–Trinajstić information content (AvgIpc) is 3.32. The van der Waals surface area contributed by atoms with E-state index in [1.165, 1.54) is 7.11 Å². The van der Waals surface area contributed by atoms with Gasteiger partial charge in [0.25, 0.3) is 0 Å². The maximum absolute atomic E-state index is 12.3. The van der Waals surface area contributed by atoms with Crippen LogP contribution in [0.5, 0.6) is 5.88 Å². The van der Waals surface area contributed by atoms with Crippen molar-refractivity contribution in [1.82, 2.24) is 10.3 Å². The summed E-state index contributed by atoms with van der Waals surface area (Å²) in [6, 6.07) is 1.30. The summed E-state index contributed by atoms with van der Waals surface area (Å²) in [5.41, 5.74) is 1.33. The number of rotatable bonds is 3. The van der Waals surface area contributed by atoms with E-state index >= 15 is 0 Å². The first-order chi connectivity index (χ1) is 11.0. The van der Waals surface area contributed by atoms with Crippen LogP contribution < -0.4 is 15.0 Å². The molecule has 2 amide bonds. The van der Waals surface area contributed by atoms with Gasteiger partial charge in [-0.2, -0.15) is 0 Å². The lowest BCUT2D eigenvalue weighted by molar-refractivity contribution is -0.117. The Morgan fingerprint density at radius 2 is 2.13 bits per heavy atom. The highest BCUT2D eigenvalue weighted by Crippen LogP contribution is 2.50. The zero-order valence-electron chi connectivity index (χ0n) is 13.4. The van der Waals surface area contributed by atoms with Gasteiger partial charge in [0.1, 0.15) is 0 Å². The van der Waals surface area contributed by atoms with E-state index in [1.807, 2.05) is 6.92 Å². The monoisotopic (exact) mass is 319 g/mol. The molecule has 2 heterocycles. The van der Waals surface area contributed by atoms with Gasteiger partial charge < -0.3 is 20.1 Å². The van der Waals surface area contributed by atoms with Crippen LogP contribution in [0.15, 0.2) is 12.3 Å². The second kappa shape index (κ2) is 5.72. The van der Waals surface area contributed by atoms with E-state index in [4.69, 9.17) is 4.74 Å². The maximum atomic E-state index is 12.3. The van der Waals surface area contributed by atoms with Crippen molar-refractivity contribution in [1.29, 1.82) is 0 Å². The molecule has 2 aliphatic rings. The highest BCUT2D eigenvalue weighted by atomic mass is 16.5. The number of hydrogen-bond acceptors (Lipinski definition) is 4. The molecule has 0 aromatic carbocycles. The zero-order chi connectivity index (χ0) is 16.7. The summed E-state index contributed by atoms with van der Waals surface area (Å²) < 4.78 is 5.33. The number of carbonyl (C=O) groups excluding carboxylic acids is 1. The molecule has 1 aliphatic heterocycles. The highest BCUT2D eigenvalue weighted by molar-refractivity contribution is 5.94. The number of carbonyl (C=O) groups is 2. The lowest BCUT2D eigenvalue weighted by atomic mass is 9.80. The molecule has 1 aromatic rings. The molecule has 0 bridgehead atoms. The number of aromatic nitrogens is 1. The average molecular weight is 319 g/mol. The van der Waals surface area contributed by atoms with Crippen LogP contribution in [0, 0.1) is 11.8 Å². The van der Waals surface area contributed by atoms with E-state index in [9.17, 15) is 14.7 Å². The second-order valence-corrected chi connectivity index (χ2v) is 6.26. The molecule has 1 aromatic heterocycles. The summed E-state index contributed by atoms with van der Waals surface area (Å²) in [7, 11) is 1.50. The van der Waals surface area contributed by atoms with Gasteiger partial charge in [-0.1, -0.05) is 6.92 Å². The number of amides is 2. The Hall–Kier alpha value is -2.31. The molecule has 1 saturated carbocycles. The molecular weight excluding hydrogens is 298 g/mol. The van der Waals surface area contributed by atoms with Crippen LogP contribution in [0.4, 0.5) is 10.5 Å². The van der Waals surface area contributed by atoms with Crippen molar-refractivity contribution in [3.8, 4) is 5.88 Å². The summed E-state index contributed by atoms with van der Waals surface area (Å²) in [6.45, 7) is 3.53. The number of nitrogens with one attached hydrogen (secondary N) is 1. The number of nitrogens with zero attached hydrogens (tertiary/aromatic N) is 2. The van der Waals surface area contributed by atoms with Crippen LogP contribution in [0.2, 0.25) is 0 Å². The molecule has 0 spiro atoms. The highest BCUT2D eigenvalue weighted by Gasteiger charge is 2.49. The summed E-state index contributed by atoms with van der Waals surface area (Å²) in [6.07, 6.45) is 2.63. The minimum atomic E-state index is -1.09. The molecule has 3 atom stereocenters. The van der Waals surface area contributed by atoms with Crippen molar-refractivity contribution in [3.63, 3.8) is 0 Å². The van der Waals surface area contributed by atoms with Crippen LogP contribution >= 0.6 is 0 Å². The molecule has 0 radical (unpaired) electrons. The summed E-state index contributed by atoms with van der Waals surface area (Å²) in [5, 5.41) is 11.8. The molecule has 7 heteroatoms. The van der Waals surface area contributed by atoms with E-state index in [-0.39, 0.29) is 17.9 Å². The third kappa shape index (κ3) is 2.60. The van der Waals surface area contributed by atoms with Crippen LogP contribution in [-0.2, 0) is 4.79 Å². The molecule has 3 rings (SSSR count). The van der Waals surface area contributed by atoms with Gasteiger partial charge >= 0.3 is 6.09 Å². The predicted octanol–water partition coefficient (Wildman–Crippen LogP) is 2.18. The Labute approximate surface area is 134 Å². The first-order valence-corrected chi connectivity index (χ1v) is 7.77. The SMILES string of the molecule is COc1nccc2c1[C@H](NC(=O)O)[C@@H](C)[C@H](C1CC1)N2C(C)=O. The number of carboxylic acid groups (broad SMARTS) is 1. The van der Waals surface area contributed by atoms with Gasteiger partial charge in [0.05, 0.1) is 24.4 Å². The number of hydrogen-bond donors (Lipinski definition) is 2. The molecule has 1 fully saturated rings. The molecule has 7 nitrogen and oxygen atoms in total. The number of methoxy groups -OCH3 is 1. The maximum Gasteiger partial charge on any atom is 0.405 e. The van der Waals surface area contributed by atoms with E-state index in [2.05, 4.69) is 10.3 Å². The second-order valence-electron chi connectivity index (χ2n) is 6.26. The first kappa shape index (κ1) is 15.6. The summed E-state index contributed by atoms with van der Waals surface area (Å²) in [5.74, 6) is 0.665. The van der Waals surface area contributed by atoms with Gasteiger partial charge in [0.15, 0.2) is 0 Å². The Balaban J connectivity index is 2.17. The number of anilines is 1. The standard InChI is InChI=1S/C16H21N3O4/c1-8-13(18-16(21)22)12-11(6-7-17-15(12)23-3)19(9(2)20)14(8)10-4-5-10/h6-8,10,13-14,18H,4-5H2,1-3H3,(H,21,22)/t8-,13-,14-/m1/s1. The Morgan fingerprint density at radius 3 is 2.65 bits per heavy atom. The summed E-state index contributed by atoms with van der Waals surface area (Å²) in [4.78, 5) is 29.6. The van der Waals surface area contributed by atoms with Gasteiger partial charge in [-0.05, 0) is 24.8 Å². The largest absolute Gasteiger partial charge is 0.481 e. The zero-order valence-corrected chi connectivity index (χ0v) is 13.4. The minimum Gasteiger partial charge on any atom is -0.481 e. The Kier molecular flexibility index (Phi) is 3.87. The number of pyridine rings is 1. The smallest absolute Gasteiger partial charge is 0.405 e. The molecular formula is C16H21N3O4. The van der Waals surface area contributed by atoms with E-state index in [0.29, 0.717) is 23.0 Å². The van der Waals surface area contributed by atoms with Gasteiger partial charge in [-0.25, -0.2) is 9.78 Å². The Bertz CT molecular complexity index is 644. The number of fused-ring (bicyclic) bond motifs is 1. The van der Waals surface area contributed by atoms with Gasteiger partial charge in [0.2, 0.25) is 11.8 Å². The minimum absolute atomic E-state index is 0.0102. The molecule has 23 heavy (non-hydrogen) atoms. The lowest BCUT2D eigenvalue weighted by Gasteiger charge is -2.45. The molecule has 1 aliphatic carbocycles. The third-order valence-electron chi connectivity index (χ3n) is 4.78. The molecule has 0 saturated heterocycles. The fourth-order valence-electron chi connectivity index (χ4n) is 3.76. The molecule has 2 N–H and O–H groups in total. The normalized spacial score (nSPS) is 26.4. The van der Waals surface area contributed by atoms with Gasteiger partial charge in [-0.15, -0.1) is 0 Å². The quantitative estimate of drug-likeness (QED) is 0.891. The van der Waals surface area contributed by atoms with Gasteiger partial charge in [0, 0.05) is 25.1 Å². The van der Waals surface area contributed by atoms with Crippen LogP contribution in [0.3, 0.4) is 0 Å². The topological polar surface area (TPSA) is 91.8 Å². The molecule has 0 unspecified atom stereocenters. The van der Waals surface area contributed by atoms with Crippen molar-refractivity contribution in [3.05, 3.63) is 17.8 Å². The Morgan fingerprint density at radius 1 is 1.43 bits per heavy atom.